The second kappa shape index (κ2) is 11.1. The molecule has 0 aromatic heterocycles. The van der Waals surface area contributed by atoms with Gasteiger partial charge in [-0.25, -0.2) is 0 Å². The lowest BCUT2D eigenvalue weighted by atomic mass is 9.92. The Labute approximate surface area is 205 Å². The van der Waals surface area contributed by atoms with E-state index < -0.39 is 0 Å². The third-order valence-corrected chi connectivity index (χ3v) is 6.97. The maximum Gasteiger partial charge on any atom is 0.269 e. The molecule has 1 aliphatic heterocycles. The number of piperazine rings is 1. The van der Waals surface area contributed by atoms with Gasteiger partial charge in [-0.15, -0.1) is 0 Å². The molecule has 34 heavy (non-hydrogen) atoms. The van der Waals surface area contributed by atoms with Crippen LogP contribution in [0.25, 0.3) is 0 Å². The number of nitrogens with one attached hydrogen (secondary N) is 1. The molecular formula is C25H31ClN4O4. The number of carbonyl (C=O) groups excluding carboxylic acids is 1. The molecule has 1 amide bonds. The maximum atomic E-state index is 12.7. The molecule has 9 heteroatoms. The van der Waals surface area contributed by atoms with Crippen molar-refractivity contribution >= 4 is 34.6 Å². The number of non-ortho nitro benzene ring substituents is 1. The van der Waals surface area contributed by atoms with E-state index in [4.69, 9.17) is 16.3 Å². The van der Waals surface area contributed by atoms with E-state index in [0.717, 1.165) is 60.7 Å². The van der Waals surface area contributed by atoms with Crippen molar-refractivity contribution in [2.24, 2.45) is 0 Å². The number of benzene rings is 2. The van der Waals surface area contributed by atoms with Crippen LogP contribution in [0.5, 0.6) is 0 Å². The first kappa shape index (κ1) is 24.3. The Balaban J connectivity index is 1.16. The summed E-state index contributed by atoms with van der Waals surface area (Å²) in [5.74, 6) is 0.0532. The molecule has 0 atom stereocenters. The summed E-state index contributed by atoms with van der Waals surface area (Å²) in [6.45, 7) is 4.99. The number of rotatable bonds is 7. The van der Waals surface area contributed by atoms with Gasteiger partial charge >= 0.3 is 0 Å². The molecule has 0 radical (unpaired) electrons. The standard InChI is InChI=1S/C25H31ClN4O4/c1-18-16-22(30(32)33)8-11-24(18)27-20-4-9-23(10-5-20)34-17-25(31)29-14-12-28(13-15-29)21-6-2-19(26)3-7-21/h2-3,6-8,11,16,20,23,27H,4-5,9-10,12-15,17H2,1H3. The van der Waals surface area contributed by atoms with Crippen LogP contribution in [0.15, 0.2) is 42.5 Å². The van der Waals surface area contributed by atoms with Crippen LogP contribution < -0.4 is 10.2 Å². The molecule has 1 saturated carbocycles. The van der Waals surface area contributed by atoms with Gasteiger partial charge in [0, 0.05) is 60.8 Å². The van der Waals surface area contributed by atoms with Gasteiger partial charge in [-0.1, -0.05) is 11.6 Å². The van der Waals surface area contributed by atoms with Crippen LogP contribution in [0, 0.1) is 17.0 Å². The van der Waals surface area contributed by atoms with Gasteiger partial charge in [0.25, 0.3) is 5.69 Å². The number of ether oxygens (including phenoxy) is 1. The van der Waals surface area contributed by atoms with Crippen LogP contribution in [-0.2, 0) is 9.53 Å². The van der Waals surface area contributed by atoms with Gasteiger partial charge in [-0.05, 0) is 68.5 Å². The van der Waals surface area contributed by atoms with Crippen molar-refractivity contribution in [3.05, 3.63) is 63.2 Å². The fraction of sp³-hybridized carbons (Fsp3) is 0.480. The van der Waals surface area contributed by atoms with E-state index in [-0.39, 0.29) is 29.2 Å². The number of nitro benzene ring substituents is 1. The Kier molecular flexibility index (Phi) is 7.90. The number of hydrogen-bond acceptors (Lipinski definition) is 6. The molecule has 182 valence electrons. The summed E-state index contributed by atoms with van der Waals surface area (Å²) in [5.41, 5.74) is 3.04. The monoisotopic (exact) mass is 486 g/mol. The molecular weight excluding hydrogens is 456 g/mol. The zero-order chi connectivity index (χ0) is 24.1. The first-order chi connectivity index (χ1) is 16.4. The van der Waals surface area contributed by atoms with E-state index in [1.54, 1.807) is 12.1 Å². The summed E-state index contributed by atoms with van der Waals surface area (Å²) < 4.78 is 5.96. The highest BCUT2D eigenvalue weighted by atomic mass is 35.5. The molecule has 1 aliphatic carbocycles. The van der Waals surface area contributed by atoms with Crippen LogP contribution in [0.2, 0.25) is 5.02 Å². The summed E-state index contributed by atoms with van der Waals surface area (Å²) in [7, 11) is 0. The fourth-order valence-corrected chi connectivity index (χ4v) is 4.79. The third-order valence-electron chi connectivity index (χ3n) is 6.72. The SMILES string of the molecule is Cc1cc([N+](=O)[O-])ccc1NC1CCC(OCC(=O)N2CCN(c3ccc(Cl)cc3)CC2)CC1. The van der Waals surface area contributed by atoms with E-state index in [1.807, 2.05) is 36.1 Å². The number of nitrogens with zero attached hydrogens (tertiary/aromatic N) is 3. The van der Waals surface area contributed by atoms with E-state index in [2.05, 4.69) is 10.2 Å². The van der Waals surface area contributed by atoms with E-state index in [0.29, 0.717) is 19.1 Å². The van der Waals surface area contributed by atoms with Gasteiger partial charge in [0.05, 0.1) is 11.0 Å². The van der Waals surface area contributed by atoms with Crippen molar-refractivity contribution < 1.29 is 14.5 Å². The van der Waals surface area contributed by atoms with Crippen molar-refractivity contribution in [1.29, 1.82) is 0 Å². The quantitative estimate of drug-likeness (QED) is 0.453. The molecule has 4 rings (SSSR count). The highest BCUT2D eigenvalue weighted by Crippen LogP contribution is 2.27. The average Bonchev–Trinajstić information content (AvgIpc) is 2.85. The molecule has 1 heterocycles. The lowest BCUT2D eigenvalue weighted by molar-refractivity contribution is -0.384. The van der Waals surface area contributed by atoms with E-state index >= 15 is 0 Å². The molecule has 0 unspecified atom stereocenters. The number of anilines is 2. The number of amides is 1. The van der Waals surface area contributed by atoms with Crippen molar-refractivity contribution in [3.63, 3.8) is 0 Å². The lowest BCUT2D eigenvalue weighted by Gasteiger charge is -2.36. The minimum Gasteiger partial charge on any atom is -0.382 e. The molecule has 0 spiro atoms. The van der Waals surface area contributed by atoms with Gasteiger partial charge in [-0.3, -0.25) is 14.9 Å². The average molecular weight is 487 g/mol. The number of aryl methyl sites for hydroxylation is 1. The second-order valence-corrected chi connectivity index (χ2v) is 9.47. The summed E-state index contributed by atoms with van der Waals surface area (Å²) in [5, 5.41) is 15.2. The number of halogens is 1. The van der Waals surface area contributed by atoms with Crippen molar-refractivity contribution in [2.75, 3.05) is 43.0 Å². The number of hydrogen-bond donors (Lipinski definition) is 1. The Morgan fingerprint density at radius 2 is 1.76 bits per heavy atom. The molecule has 2 aromatic rings. The zero-order valence-electron chi connectivity index (χ0n) is 19.4. The van der Waals surface area contributed by atoms with Crippen LogP contribution >= 0.6 is 11.6 Å². The largest absolute Gasteiger partial charge is 0.382 e. The smallest absolute Gasteiger partial charge is 0.269 e. The molecule has 2 fully saturated rings. The molecule has 1 N–H and O–H groups in total. The van der Waals surface area contributed by atoms with Gasteiger partial charge < -0.3 is 19.9 Å². The van der Waals surface area contributed by atoms with Crippen LogP contribution in [0.3, 0.4) is 0 Å². The van der Waals surface area contributed by atoms with E-state index in [1.165, 1.54) is 6.07 Å². The molecule has 1 saturated heterocycles. The third kappa shape index (κ3) is 6.18. The van der Waals surface area contributed by atoms with E-state index in [9.17, 15) is 14.9 Å². The zero-order valence-corrected chi connectivity index (χ0v) is 20.2. The topological polar surface area (TPSA) is 87.9 Å². The molecule has 2 aliphatic rings. The molecule has 0 bridgehead atoms. The maximum absolute atomic E-state index is 12.7. The normalized spacial score (nSPS) is 20.8. The van der Waals surface area contributed by atoms with Crippen molar-refractivity contribution in [3.8, 4) is 0 Å². The summed E-state index contributed by atoms with van der Waals surface area (Å²) in [4.78, 5) is 27.4. The fourth-order valence-electron chi connectivity index (χ4n) is 4.66. The summed E-state index contributed by atoms with van der Waals surface area (Å²) >= 11 is 5.97. The molecule has 2 aromatic carbocycles. The first-order valence-corrected chi connectivity index (χ1v) is 12.2. The van der Waals surface area contributed by atoms with Crippen LogP contribution in [-0.4, -0.2) is 60.7 Å². The first-order valence-electron chi connectivity index (χ1n) is 11.8. The Morgan fingerprint density at radius 1 is 1.09 bits per heavy atom. The van der Waals surface area contributed by atoms with Gasteiger partial charge in [0.15, 0.2) is 0 Å². The molecule has 8 nitrogen and oxygen atoms in total. The summed E-state index contributed by atoms with van der Waals surface area (Å²) in [6.07, 6.45) is 3.75. The lowest BCUT2D eigenvalue weighted by Crippen LogP contribution is -2.50. The Bertz CT molecular complexity index is 1000. The summed E-state index contributed by atoms with van der Waals surface area (Å²) in [6, 6.07) is 13.0. The van der Waals surface area contributed by atoms with Crippen molar-refractivity contribution in [2.45, 2.75) is 44.8 Å². The number of carbonyl (C=O) groups is 1. The van der Waals surface area contributed by atoms with Crippen LogP contribution in [0.1, 0.15) is 31.2 Å². The van der Waals surface area contributed by atoms with Crippen LogP contribution in [0.4, 0.5) is 17.1 Å². The number of nitro groups is 1. The van der Waals surface area contributed by atoms with Gasteiger partial charge in [0.2, 0.25) is 5.91 Å². The predicted molar refractivity (Wildman–Crippen MR) is 134 cm³/mol. The minimum absolute atomic E-state index is 0.0532. The second-order valence-electron chi connectivity index (χ2n) is 9.03. The Hall–Kier alpha value is -2.84. The van der Waals surface area contributed by atoms with Crippen molar-refractivity contribution in [1.82, 2.24) is 4.90 Å². The Morgan fingerprint density at radius 3 is 2.38 bits per heavy atom. The minimum atomic E-state index is -0.375. The predicted octanol–water partition coefficient (Wildman–Crippen LogP) is 4.65. The highest BCUT2D eigenvalue weighted by molar-refractivity contribution is 6.30. The highest BCUT2D eigenvalue weighted by Gasteiger charge is 2.25. The van der Waals surface area contributed by atoms with Gasteiger partial charge in [0.1, 0.15) is 6.61 Å². The van der Waals surface area contributed by atoms with Gasteiger partial charge in [-0.2, -0.15) is 0 Å².